The zero-order chi connectivity index (χ0) is 20.2. The lowest BCUT2D eigenvalue weighted by Crippen LogP contribution is -3.30. The number of piperazine rings is 1. The quantitative estimate of drug-likeness (QED) is 0.600. The van der Waals surface area contributed by atoms with Crippen LogP contribution in [0.5, 0.6) is 0 Å². The Morgan fingerprint density at radius 1 is 1.15 bits per heavy atom. The standard InChI is InChI=1S/C18H25F3N4O2/c1-13(17(27)23(2)3)25-10-8-24(9-11-25)12-16(26)22-15-7-5-4-6-14(15)18(19,20)21/h4-7,13H,8-12H2,1-3H3,(H,22,26)/p+2/t13-/m1/s1. The number of carbonyl (C=O) groups is 2. The summed E-state index contributed by atoms with van der Waals surface area (Å²) in [5, 5.41) is 2.38. The zero-order valence-electron chi connectivity index (χ0n) is 15.8. The monoisotopic (exact) mass is 388 g/mol. The number of hydrogen-bond acceptors (Lipinski definition) is 2. The molecule has 0 aliphatic carbocycles. The van der Waals surface area contributed by atoms with Gasteiger partial charge in [-0.3, -0.25) is 9.59 Å². The van der Waals surface area contributed by atoms with Crippen LogP contribution < -0.4 is 15.1 Å². The summed E-state index contributed by atoms with van der Waals surface area (Å²) in [6.07, 6.45) is -4.51. The van der Waals surface area contributed by atoms with Crippen LogP contribution in [0, 0.1) is 0 Å². The first kappa shape index (κ1) is 21.2. The molecule has 0 bridgehead atoms. The summed E-state index contributed by atoms with van der Waals surface area (Å²) in [7, 11) is 3.45. The van der Waals surface area contributed by atoms with Crippen molar-refractivity contribution in [1.82, 2.24) is 4.90 Å². The van der Waals surface area contributed by atoms with E-state index in [4.69, 9.17) is 0 Å². The zero-order valence-corrected chi connectivity index (χ0v) is 15.8. The van der Waals surface area contributed by atoms with Gasteiger partial charge >= 0.3 is 6.18 Å². The Morgan fingerprint density at radius 3 is 2.30 bits per heavy atom. The number of alkyl halides is 3. The average molecular weight is 388 g/mol. The molecular weight excluding hydrogens is 361 g/mol. The highest BCUT2D eigenvalue weighted by Gasteiger charge is 2.35. The van der Waals surface area contributed by atoms with Gasteiger partial charge in [0.25, 0.3) is 11.8 Å². The van der Waals surface area contributed by atoms with Gasteiger partial charge in [0.15, 0.2) is 12.6 Å². The van der Waals surface area contributed by atoms with Crippen molar-refractivity contribution in [2.24, 2.45) is 0 Å². The van der Waals surface area contributed by atoms with E-state index in [1.807, 2.05) is 6.92 Å². The van der Waals surface area contributed by atoms with E-state index in [-0.39, 0.29) is 24.2 Å². The number of hydrogen-bond donors (Lipinski definition) is 3. The van der Waals surface area contributed by atoms with E-state index in [1.165, 1.54) is 23.1 Å². The lowest BCUT2D eigenvalue weighted by molar-refractivity contribution is -1.01. The minimum atomic E-state index is -4.51. The number of nitrogens with one attached hydrogen (secondary N) is 3. The van der Waals surface area contributed by atoms with Crippen LogP contribution in [-0.2, 0) is 15.8 Å². The predicted octanol–water partition coefficient (Wildman–Crippen LogP) is -1.10. The second-order valence-corrected chi connectivity index (χ2v) is 7.13. The number of quaternary nitrogens is 2. The molecule has 0 radical (unpaired) electrons. The fourth-order valence-corrected chi connectivity index (χ4v) is 3.36. The molecule has 1 aliphatic heterocycles. The Hall–Kier alpha value is -2.13. The first-order valence-electron chi connectivity index (χ1n) is 8.95. The third-order valence-electron chi connectivity index (χ3n) is 4.94. The van der Waals surface area contributed by atoms with Gasteiger partial charge in [0.2, 0.25) is 0 Å². The van der Waals surface area contributed by atoms with E-state index in [9.17, 15) is 22.8 Å². The number of carbonyl (C=O) groups excluding carboxylic acids is 2. The molecule has 1 atom stereocenters. The maximum Gasteiger partial charge on any atom is 0.418 e. The summed E-state index contributed by atoms with van der Waals surface area (Å²) in [6, 6.07) is 4.82. The van der Waals surface area contributed by atoms with Crippen LogP contribution in [0.25, 0.3) is 0 Å². The third kappa shape index (κ3) is 5.67. The van der Waals surface area contributed by atoms with Crippen LogP contribution in [0.2, 0.25) is 0 Å². The van der Waals surface area contributed by atoms with Gasteiger partial charge < -0.3 is 20.0 Å². The molecule has 0 spiro atoms. The van der Waals surface area contributed by atoms with E-state index >= 15 is 0 Å². The number of rotatable bonds is 5. The van der Waals surface area contributed by atoms with E-state index < -0.39 is 17.6 Å². The van der Waals surface area contributed by atoms with Crippen LogP contribution in [-0.4, -0.2) is 69.6 Å². The molecule has 0 saturated carbocycles. The molecule has 0 aromatic heterocycles. The molecule has 1 fully saturated rings. The molecule has 150 valence electrons. The highest BCUT2D eigenvalue weighted by molar-refractivity contribution is 5.92. The van der Waals surface area contributed by atoms with Gasteiger partial charge in [-0.2, -0.15) is 13.2 Å². The Kier molecular flexibility index (Phi) is 6.83. The first-order chi connectivity index (χ1) is 12.6. The van der Waals surface area contributed by atoms with Gasteiger partial charge in [0.1, 0.15) is 26.2 Å². The summed E-state index contributed by atoms with van der Waals surface area (Å²) in [5.41, 5.74) is -1.07. The largest absolute Gasteiger partial charge is 0.418 e. The molecule has 2 rings (SSSR count). The van der Waals surface area contributed by atoms with Crippen molar-refractivity contribution in [2.45, 2.75) is 19.1 Å². The third-order valence-corrected chi connectivity index (χ3v) is 4.94. The van der Waals surface area contributed by atoms with E-state index in [0.29, 0.717) is 13.1 Å². The van der Waals surface area contributed by atoms with Gasteiger partial charge in [-0.15, -0.1) is 0 Å². The highest BCUT2D eigenvalue weighted by atomic mass is 19.4. The maximum absolute atomic E-state index is 13.0. The molecule has 6 nitrogen and oxygen atoms in total. The number of anilines is 1. The lowest BCUT2D eigenvalue weighted by atomic mass is 10.1. The van der Waals surface area contributed by atoms with Crippen LogP contribution in [0.1, 0.15) is 12.5 Å². The molecule has 3 N–H and O–H groups in total. The van der Waals surface area contributed by atoms with Crippen LogP contribution in [0.15, 0.2) is 24.3 Å². The van der Waals surface area contributed by atoms with Crippen LogP contribution in [0.3, 0.4) is 0 Å². The second kappa shape index (κ2) is 8.71. The van der Waals surface area contributed by atoms with Crippen LogP contribution >= 0.6 is 0 Å². The number of para-hydroxylation sites is 1. The van der Waals surface area contributed by atoms with E-state index in [0.717, 1.165) is 24.1 Å². The average Bonchev–Trinajstić information content (AvgIpc) is 2.60. The van der Waals surface area contributed by atoms with Gasteiger partial charge in [0, 0.05) is 14.1 Å². The molecule has 1 aromatic carbocycles. The summed E-state index contributed by atoms with van der Waals surface area (Å²) in [4.78, 5) is 28.0. The highest BCUT2D eigenvalue weighted by Crippen LogP contribution is 2.34. The van der Waals surface area contributed by atoms with E-state index in [1.54, 1.807) is 19.0 Å². The molecule has 2 amide bonds. The number of nitrogens with zero attached hydrogens (tertiary/aromatic N) is 1. The molecule has 1 aromatic rings. The SMILES string of the molecule is C[C@H](C(=O)N(C)C)[NH+]1CC[NH+](CC(=O)Nc2ccccc2C(F)(F)F)CC1. The Labute approximate surface area is 156 Å². The topological polar surface area (TPSA) is 58.3 Å². The first-order valence-corrected chi connectivity index (χ1v) is 8.95. The molecule has 27 heavy (non-hydrogen) atoms. The van der Waals surface area contributed by atoms with Crippen LogP contribution in [0.4, 0.5) is 18.9 Å². The van der Waals surface area contributed by atoms with Crippen molar-refractivity contribution in [3.63, 3.8) is 0 Å². The van der Waals surface area contributed by atoms with Gasteiger partial charge in [-0.25, -0.2) is 0 Å². The lowest BCUT2D eigenvalue weighted by Gasteiger charge is -2.33. The number of halogens is 3. The van der Waals surface area contributed by atoms with Crippen molar-refractivity contribution in [3.05, 3.63) is 29.8 Å². The van der Waals surface area contributed by atoms with Gasteiger partial charge in [-0.05, 0) is 19.1 Å². The van der Waals surface area contributed by atoms with Crippen molar-refractivity contribution in [3.8, 4) is 0 Å². The molecule has 1 heterocycles. The Balaban J connectivity index is 1.88. The summed E-state index contributed by atoms with van der Waals surface area (Å²) < 4.78 is 39.0. The predicted molar refractivity (Wildman–Crippen MR) is 94.5 cm³/mol. The number of likely N-dealkylation sites (N-methyl/N-ethyl adjacent to an activating group) is 1. The normalized spacial score (nSPS) is 21.4. The fourth-order valence-electron chi connectivity index (χ4n) is 3.36. The molecule has 1 saturated heterocycles. The summed E-state index contributed by atoms with van der Waals surface area (Å²) in [5.74, 6) is -0.377. The van der Waals surface area contributed by atoms with Gasteiger partial charge in [-0.1, -0.05) is 12.1 Å². The number of benzene rings is 1. The molecular formula is C18H27F3N4O2+2. The summed E-state index contributed by atoms with van der Waals surface area (Å²) in [6.45, 7) is 4.85. The van der Waals surface area contributed by atoms with Gasteiger partial charge in [0.05, 0.1) is 11.3 Å². The number of amides is 2. The van der Waals surface area contributed by atoms with Crippen molar-refractivity contribution < 1.29 is 32.6 Å². The van der Waals surface area contributed by atoms with Crippen molar-refractivity contribution >= 4 is 17.5 Å². The maximum atomic E-state index is 13.0. The van der Waals surface area contributed by atoms with E-state index in [2.05, 4.69) is 5.32 Å². The fraction of sp³-hybridized carbons (Fsp3) is 0.556. The van der Waals surface area contributed by atoms with Crippen molar-refractivity contribution in [2.75, 3.05) is 52.1 Å². The second-order valence-electron chi connectivity index (χ2n) is 7.13. The smallest absolute Gasteiger partial charge is 0.344 e. The Morgan fingerprint density at radius 2 is 1.74 bits per heavy atom. The minimum absolute atomic E-state index is 0.0648. The summed E-state index contributed by atoms with van der Waals surface area (Å²) >= 11 is 0. The molecule has 0 unspecified atom stereocenters. The molecule has 1 aliphatic rings. The Bertz CT molecular complexity index is 671. The van der Waals surface area contributed by atoms with Crippen molar-refractivity contribution in [1.29, 1.82) is 0 Å². The minimum Gasteiger partial charge on any atom is -0.344 e. The molecule has 9 heteroatoms.